The third-order valence-corrected chi connectivity index (χ3v) is 5.32. The van der Waals surface area contributed by atoms with Crippen molar-refractivity contribution in [2.45, 2.75) is 0 Å². The zero-order valence-electron chi connectivity index (χ0n) is 16.2. The van der Waals surface area contributed by atoms with Gasteiger partial charge < -0.3 is 9.97 Å². The number of ketones is 1. The fourth-order valence-corrected chi connectivity index (χ4v) is 3.86. The fraction of sp³-hybridized carbons (Fsp3) is 0. The molecule has 2 heterocycles. The SMILES string of the molecule is O=C(c1ccccc1)c1[nH]c2nc(-c3ccccc3)[nH]c(=O)c2c1-c1cccc(Cl)c1. The van der Waals surface area contributed by atoms with Gasteiger partial charge in [0, 0.05) is 21.7 Å². The molecule has 0 saturated carbocycles. The van der Waals surface area contributed by atoms with Crippen LogP contribution in [0.25, 0.3) is 33.5 Å². The molecule has 0 aliphatic rings. The number of halogens is 1. The Kier molecular flexibility index (Phi) is 4.73. The van der Waals surface area contributed by atoms with E-state index in [1.54, 1.807) is 42.5 Å². The molecule has 31 heavy (non-hydrogen) atoms. The molecule has 0 spiro atoms. The van der Waals surface area contributed by atoms with Gasteiger partial charge in [-0.1, -0.05) is 84.4 Å². The fourth-order valence-electron chi connectivity index (χ4n) is 3.67. The molecule has 0 aliphatic carbocycles. The first kappa shape index (κ1) is 19.0. The molecule has 2 aromatic heterocycles. The monoisotopic (exact) mass is 425 g/mol. The smallest absolute Gasteiger partial charge is 0.261 e. The molecule has 0 fully saturated rings. The average molecular weight is 426 g/mol. The Labute approximate surface area is 182 Å². The number of nitrogens with zero attached hydrogens (tertiary/aromatic N) is 1. The Morgan fingerprint density at radius 1 is 0.806 bits per heavy atom. The number of hydrogen-bond donors (Lipinski definition) is 2. The van der Waals surface area contributed by atoms with Crippen LogP contribution in [0.15, 0.2) is 89.7 Å². The minimum atomic E-state index is -0.331. The molecule has 0 aliphatic heterocycles. The second-order valence-corrected chi connectivity index (χ2v) is 7.52. The van der Waals surface area contributed by atoms with Gasteiger partial charge in [-0.15, -0.1) is 0 Å². The molecule has 0 atom stereocenters. The number of carbonyl (C=O) groups is 1. The zero-order chi connectivity index (χ0) is 21.4. The number of rotatable bonds is 4. The van der Waals surface area contributed by atoms with Gasteiger partial charge in [-0.25, -0.2) is 4.98 Å². The Balaban J connectivity index is 1.81. The predicted octanol–water partition coefficient (Wildman–Crippen LogP) is 5.47. The molecule has 0 amide bonds. The highest BCUT2D eigenvalue weighted by Crippen LogP contribution is 2.33. The quantitative estimate of drug-likeness (QED) is 0.375. The number of hydrogen-bond acceptors (Lipinski definition) is 3. The van der Waals surface area contributed by atoms with Crippen molar-refractivity contribution in [2.24, 2.45) is 0 Å². The van der Waals surface area contributed by atoms with Gasteiger partial charge in [-0.2, -0.15) is 0 Å². The van der Waals surface area contributed by atoms with Crippen molar-refractivity contribution < 1.29 is 4.79 Å². The van der Waals surface area contributed by atoms with E-state index in [0.717, 1.165) is 5.56 Å². The molecule has 6 heteroatoms. The zero-order valence-corrected chi connectivity index (χ0v) is 17.0. The van der Waals surface area contributed by atoms with E-state index >= 15 is 0 Å². The second kappa shape index (κ2) is 7.70. The topological polar surface area (TPSA) is 78.6 Å². The number of benzene rings is 3. The highest BCUT2D eigenvalue weighted by molar-refractivity contribution is 6.31. The third-order valence-electron chi connectivity index (χ3n) is 5.09. The van der Waals surface area contributed by atoms with Crippen molar-refractivity contribution in [3.05, 3.63) is 112 Å². The second-order valence-electron chi connectivity index (χ2n) is 7.08. The van der Waals surface area contributed by atoms with Crippen molar-refractivity contribution in [1.82, 2.24) is 15.0 Å². The number of fused-ring (bicyclic) bond motifs is 1. The first-order valence-corrected chi connectivity index (χ1v) is 10.1. The lowest BCUT2D eigenvalue weighted by Crippen LogP contribution is -2.09. The van der Waals surface area contributed by atoms with E-state index in [0.29, 0.717) is 44.3 Å². The summed E-state index contributed by atoms with van der Waals surface area (Å²) in [4.78, 5) is 37.1. The van der Waals surface area contributed by atoms with E-state index in [1.807, 2.05) is 42.5 Å². The van der Waals surface area contributed by atoms with E-state index in [9.17, 15) is 9.59 Å². The maximum absolute atomic E-state index is 13.4. The van der Waals surface area contributed by atoms with Gasteiger partial charge in [0.25, 0.3) is 5.56 Å². The lowest BCUT2D eigenvalue weighted by atomic mass is 9.98. The molecular weight excluding hydrogens is 410 g/mol. The molecule has 3 aromatic carbocycles. The summed E-state index contributed by atoms with van der Waals surface area (Å²) in [6.45, 7) is 0. The predicted molar refractivity (Wildman–Crippen MR) is 122 cm³/mol. The summed E-state index contributed by atoms with van der Waals surface area (Å²) in [7, 11) is 0. The van der Waals surface area contributed by atoms with Crippen LogP contribution in [0.4, 0.5) is 0 Å². The molecule has 0 radical (unpaired) electrons. The molecule has 0 saturated heterocycles. The number of nitrogens with one attached hydrogen (secondary N) is 2. The molecule has 2 N–H and O–H groups in total. The minimum absolute atomic E-state index is 0.228. The Hall–Kier alpha value is -3.96. The van der Waals surface area contributed by atoms with Gasteiger partial charge in [-0.05, 0) is 17.7 Å². The first-order chi connectivity index (χ1) is 15.1. The maximum atomic E-state index is 13.4. The summed E-state index contributed by atoms with van der Waals surface area (Å²) < 4.78 is 0. The van der Waals surface area contributed by atoms with Gasteiger partial charge in [0.2, 0.25) is 5.78 Å². The van der Waals surface area contributed by atoms with E-state index in [1.165, 1.54) is 0 Å². The molecule has 0 bridgehead atoms. The van der Waals surface area contributed by atoms with Crippen LogP contribution in [0.3, 0.4) is 0 Å². The van der Waals surface area contributed by atoms with E-state index in [2.05, 4.69) is 15.0 Å². The van der Waals surface area contributed by atoms with Crippen molar-refractivity contribution in [2.75, 3.05) is 0 Å². The van der Waals surface area contributed by atoms with Crippen molar-refractivity contribution in [3.8, 4) is 22.5 Å². The maximum Gasteiger partial charge on any atom is 0.261 e. The summed E-state index contributed by atoms with van der Waals surface area (Å²) >= 11 is 6.21. The largest absolute Gasteiger partial charge is 0.336 e. The summed E-state index contributed by atoms with van der Waals surface area (Å²) in [5.41, 5.74) is 2.75. The first-order valence-electron chi connectivity index (χ1n) is 9.69. The highest BCUT2D eigenvalue weighted by atomic mass is 35.5. The highest BCUT2D eigenvalue weighted by Gasteiger charge is 2.24. The molecular formula is C25H16ClN3O2. The van der Waals surface area contributed by atoms with Crippen LogP contribution in [-0.2, 0) is 0 Å². The van der Waals surface area contributed by atoms with Gasteiger partial charge in [0.05, 0.1) is 11.1 Å². The number of H-pyrrole nitrogens is 2. The minimum Gasteiger partial charge on any atom is -0.336 e. The Morgan fingerprint density at radius 3 is 2.19 bits per heavy atom. The van der Waals surface area contributed by atoms with Crippen LogP contribution in [0, 0.1) is 0 Å². The Morgan fingerprint density at radius 2 is 1.48 bits per heavy atom. The van der Waals surface area contributed by atoms with Crippen LogP contribution in [-0.4, -0.2) is 20.7 Å². The van der Waals surface area contributed by atoms with Crippen molar-refractivity contribution >= 4 is 28.4 Å². The number of aromatic amines is 2. The lowest BCUT2D eigenvalue weighted by molar-refractivity contribution is 0.103. The standard InChI is InChI=1S/C25H16ClN3O2/c26-18-13-7-12-17(14-18)19-20-24(27-21(19)22(30)15-8-3-1-4-9-15)28-23(29-25(20)31)16-10-5-2-6-11-16/h1-14H,(H2,27,28,29,31). The van der Waals surface area contributed by atoms with Crippen LogP contribution >= 0.6 is 11.6 Å². The number of carbonyl (C=O) groups excluding carboxylic acids is 1. The molecule has 5 aromatic rings. The average Bonchev–Trinajstić information content (AvgIpc) is 3.20. The summed E-state index contributed by atoms with van der Waals surface area (Å²) in [5, 5.41) is 0.830. The van der Waals surface area contributed by atoms with Crippen molar-refractivity contribution in [3.63, 3.8) is 0 Å². The summed E-state index contributed by atoms with van der Waals surface area (Å²) in [5.74, 6) is 0.199. The Bertz CT molecular complexity index is 1470. The number of aromatic nitrogens is 3. The van der Waals surface area contributed by atoms with Crippen LogP contribution < -0.4 is 5.56 Å². The molecule has 5 rings (SSSR count). The molecule has 150 valence electrons. The van der Waals surface area contributed by atoms with Crippen LogP contribution in [0.2, 0.25) is 5.02 Å². The van der Waals surface area contributed by atoms with Gasteiger partial charge in [0.15, 0.2) is 0 Å². The van der Waals surface area contributed by atoms with Crippen molar-refractivity contribution in [1.29, 1.82) is 0 Å². The normalized spacial score (nSPS) is 11.0. The van der Waals surface area contributed by atoms with E-state index in [-0.39, 0.29) is 11.3 Å². The molecule has 5 nitrogen and oxygen atoms in total. The van der Waals surface area contributed by atoms with E-state index in [4.69, 9.17) is 11.6 Å². The van der Waals surface area contributed by atoms with Gasteiger partial charge >= 0.3 is 0 Å². The molecule has 0 unspecified atom stereocenters. The summed E-state index contributed by atoms with van der Waals surface area (Å²) in [6.07, 6.45) is 0. The lowest BCUT2D eigenvalue weighted by Gasteiger charge is -2.05. The van der Waals surface area contributed by atoms with Gasteiger partial charge in [0.1, 0.15) is 11.5 Å². The van der Waals surface area contributed by atoms with Crippen LogP contribution in [0.5, 0.6) is 0 Å². The third kappa shape index (κ3) is 3.45. The van der Waals surface area contributed by atoms with Gasteiger partial charge in [-0.3, -0.25) is 9.59 Å². The van der Waals surface area contributed by atoms with Crippen LogP contribution in [0.1, 0.15) is 16.1 Å². The summed E-state index contributed by atoms with van der Waals surface area (Å²) in [6, 6.07) is 25.4. The van der Waals surface area contributed by atoms with E-state index < -0.39 is 0 Å².